The second kappa shape index (κ2) is 4.86. The quantitative estimate of drug-likeness (QED) is 0.724. The third kappa shape index (κ3) is 1.78. The molecule has 6 heteroatoms. The summed E-state index contributed by atoms with van der Waals surface area (Å²) in [6, 6.07) is 0. The Kier molecular flexibility index (Phi) is 3.30. The van der Waals surface area contributed by atoms with Crippen molar-refractivity contribution in [2.24, 2.45) is 5.41 Å². The van der Waals surface area contributed by atoms with E-state index in [1.54, 1.807) is 18.9 Å². The van der Waals surface area contributed by atoms with Gasteiger partial charge < -0.3 is 19.7 Å². The van der Waals surface area contributed by atoms with Gasteiger partial charge in [0.05, 0.1) is 29.3 Å². The second-order valence-corrected chi connectivity index (χ2v) is 5.69. The van der Waals surface area contributed by atoms with Crippen molar-refractivity contribution < 1.29 is 19.1 Å². The SMILES string of the molecule is CO[C@@H]1CN(C2=C(C)C(=O)OC2)C(=O)C12CCNCC2. The summed E-state index contributed by atoms with van der Waals surface area (Å²) in [5.74, 6) is -0.244. The molecule has 1 atom stereocenters. The highest BCUT2D eigenvalue weighted by molar-refractivity contribution is 5.94. The van der Waals surface area contributed by atoms with Gasteiger partial charge >= 0.3 is 5.97 Å². The zero-order valence-corrected chi connectivity index (χ0v) is 11.9. The Morgan fingerprint density at radius 1 is 1.35 bits per heavy atom. The predicted molar refractivity (Wildman–Crippen MR) is 70.7 cm³/mol. The van der Waals surface area contributed by atoms with Crippen LogP contribution in [0.4, 0.5) is 0 Å². The van der Waals surface area contributed by atoms with E-state index in [-0.39, 0.29) is 24.6 Å². The van der Waals surface area contributed by atoms with Gasteiger partial charge in [0, 0.05) is 7.11 Å². The number of nitrogens with one attached hydrogen (secondary N) is 1. The van der Waals surface area contributed by atoms with Crippen molar-refractivity contribution in [2.75, 3.05) is 33.4 Å². The van der Waals surface area contributed by atoms with Crippen LogP contribution in [-0.2, 0) is 19.1 Å². The van der Waals surface area contributed by atoms with Crippen LogP contribution in [-0.4, -0.2) is 56.2 Å². The minimum Gasteiger partial charge on any atom is -0.456 e. The molecule has 0 aromatic carbocycles. The molecule has 2 saturated heterocycles. The molecule has 0 aromatic heterocycles. The van der Waals surface area contributed by atoms with Crippen LogP contribution >= 0.6 is 0 Å². The minimum atomic E-state index is -0.446. The minimum absolute atomic E-state index is 0.0819. The lowest BCUT2D eigenvalue weighted by atomic mass is 9.75. The first-order valence-electron chi connectivity index (χ1n) is 7.02. The Morgan fingerprint density at radius 3 is 2.60 bits per heavy atom. The molecule has 3 rings (SSSR count). The fourth-order valence-corrected chi connectivity index (χ4v) is 3.52. The van der Waals surface area contributed by atoms with E-state index in [1.807, 2.05) is 0 Å². The third-order valence-electron chi connectivity index (χ3n) is 4.82. The summed E-state index contributed by atoms with van der Waals surface area (Å²) in [5, 5.41) is 3.28. The molecule has 1 N–H and O–H groups in total. The molecule has 0 aliphatic carbocycles. The molecule has 0 unspecified atom stereocenters. The molecule has 3 aliphatic heterocycles. The molecule has 20 heavy (non-hydrogen) atoms. The van der Waals surface area contributed by atoms with Gasteiger partial charge in [-0.05, 0) is 32.9 Å². The van der Waals surface area contributed by atoms with Crippen molar-refractivity contribution in [2.45, 2.75) is 25.9 Å². The van der Waals surface area contributed by atoms with E-state index in [0.717, 1.165) is 25.9 Å². The highest BCUT2D eigenvalue weighted by Crippen LogP contribution is 2.43. The maximum atomic E-state index is 12.9. The van der Waals surface area contributed by atoms with Crippen LogP contribution in [0.15, 0.2) is 11.3 Å². The molecule has 3 heterocycles. The van der Waals surface area contributed by atoms with Crippen molar-refractivity contribution >= 4 is 11.9 Å². The summed E-state index contributed by atoms with van der Waals surface area (Å²) in [4.78, 5) is 26.1. The monoisotopic (exact) mass is 280 g/mol. The average Bonchev–Trinajstić information content (AvgIpc) is 2.92. The number of carbonyl (C=O) groups excluding carboxylic acids is 2. The summed E-state index contributed by atoms with van der Waals surface area (Å²) >= 11 is 0. The van der Waals surface area contributed by atoms with E-state index in [9.17, 15) is 9.59 Å². The van der Waals surface area contributed by atoms with Crippen LogP contribution in [0.25, 0.3) is 0 Å². The Hall–Kier alpha value is -1.40. The van der Waals surface area contributed by atoms with E-state index in [0.29, 0.717) is 17.8 Å². The number of amides is 1. The molecule has 0 radical (unpaired) electrons. The van der Waals surface area contributed by atoms with Gasteiger partial charge in [0.2, 0.25) is 5.91 Å². The zero-order valence-electron chi connectivity index (χ0n) is 11.9. The summed E-state index contributed by atoms with van der Waals surface area (Å²) in [6.07, 6.45) is 1.44. The number of esters is 1. The van der Waals surface area contributed by atoms with E-state index in [4.69, 9.17) is 9.47 Å². The van der Waals surface area contributed by atoms with Crippen LogP contribution in [0, 0.1) is 5.41 Å². The Bertz CT molecular complexity index is 480. The van der Waals surface area contributed by atoms with Crippen molar-refractivity contribution in [1.29, 1.82) is 0 Å². The Balaban J connectivity index is 1.93. The lowest BCUT2D eigenvalue weighted by molar-refractivity contribution is -0.140. The number of piperidine rings is 1. The molecule has 2 fully saturated rings. The fraction of sp³-hybridized carbons (Fsp3) is 0.714. The van der Waals surface area contributed by atoms with Gasteiger partial charge in [-0.15, -0.1) is 0 Å². The van der Waals surface area contributed by atoms with Crippen LogP contribution in [0.3, 0.4) is 0 Å². The number of hydrogen-bond donors (Lipinski definition) is 1. The fourth-order valence-electron chi connectivity index (χ4n) is 3.52. The second-order valence-electron chi connectivity index (χ2n) is 5.69. The van der Waals surface area contributed by atoms with Crippen LogP contribution in [0.5, 0.6) is 0 Å². The molecular formula is C14H20N2O4. The van der Waals surface area contributed by atoms with Crippen LogP contribution in [0.1, 0.15) is 19.8 Å². The van der Waals surface area contributed by atoms with Gasteiger partial charge in [-0.1, -0.05) is 0 Å². The summed E-state index contributed by atoms with van der Waals surface area (Å²) in [6.45, 7) is 4.08. The highest BCUT2D eigenvalue weighted by Gasteiger charge is 2.56. The van der Waals surface area contributed by atoms with E-state index in [1.165, 1.54) is 0 Å². The van der Waals surface area contributed by atoms with E-state index >= 15 is 0 Å². The van der Waals surface area contributed by atoms with Gasteiger partial charge in [-0.3, -0.25) is 4.79 Å². The standard InChI is InChI=1S/C14H20N2O4/c1-9-10(8-20-12(9)17)16-7-11(19-2)14(13(16)18)3-5-15-6-4-14/h11,15H,3-8H2,1-2H3/t11-/m1/s1. The van der Waals surface area contributed by atoms with Gasteiger partial charge in [0.25, 0.3) is 0 Å². The highest BCUT2D eigenvalue weighted by atomic mass is 16.5. The maximum Gasteiger partial charge on any atom is 0.336 e. The average molecular weight is 280 g/mol. The van der Waals surface area contributed by atoms with Gasteiger partial charge in [-0.25, -0.2) is 4.79 Å². The Labute approximate surface area is 118 Å². The van der Waals surface area contributed by atoms with Gasteiger partial charge in [-0.2, -0.15) is 0 Å². The molecule has 3 aliphatic rings. The van der Waals surface area contributed by atoms with E-state index < -0.39 is 5.41 Å². The number of hydrogen-bond acceptors (Lipinski definition) is 5. The number of cyclic esters (lactones) is 1. The molecule has 110 valence electrons. The normalized spacial score (nSPS) is 29.5. The van der Waals surface area contributed by atoms with Crippen molar-refractivity contribution in [3.8, 4) is 0 Å². The maximum absolute atomic E-state index is 12.9. The van der Waals surface area contributed by atoms with Crippen LogP contribution in [0.2, 0.25) is 0 Å². The molecule has 6 nitrogen and oxygen atoms in total. The van der Waals surface area contributed by atoms with Crippen LogP contribution < -0.4 is 5.32 Å². The van der Waals surface area contributed by atoms with Crippen molar-refractivity contribution in [3.05, 3.63) is 11.3 Å². The molecule has 1 spiro atoms. The van der Waals surface area contributed by atoms with Gasteiger partial charge in [0.1, 0.15) is 6.61 Å². The van der Waals surface area contributed by atoms with Crippen molar-refractivity contribution in [1.82, 2.24) is 10.2 Å². The number of methoxy groups -OCH3 is 1. The van der Waals surface area contributed by atoms with Crippen molar-refractivity contribution in [3.63, 3.8) is 0 Å². The molecular weight excluding hydrogens is 260 g/mol. The number of nitrogens with zero attached hydrogens (tertiary/aromatic N) is 1. The lowest BCUT2D eigenvalue weighted by Gasteiger charge is -2.35. The number of ether oxygens (including phenoxy) is 2. The molecule has 0 bridgehead atoms. The first kappa shape index (κ1) is 13.6. The topological polar surface area (TPSA) is 67.9 Å². The zero-order chi connectivity index (χ0) is 14.3. The summed E-state index contributed by atoms with van der Waals surface area (Å²) in [5.41, 5.74) is 0.801. The predicted octanol–water partition coefficient (Wildman–Crippen LogP) is 0.0442. The molecule has 1 amide bonds. The first-order chi connectivity index (χ1) is 9.60. The number of likely N-dealkylation sites (tertiary alicyclic amines) is 1. The third-order valence-corrected chi connectivity index (χ3v) is 4.82. The lowest BCUT2D eigenvalue weighted by Crippen LogP contribution is -2.47. The Morgan fingerprint density at radius 2 is 2.05 bits per heavy atom. The smallest absolute Gasteiger partial charge is 0.336 e. The van der Waals surface area contributed by atoms with Gasteiger partial charge in [0.15, 0.2) is 0 Å². The molecule has 0 aromatic rings. The summed E-state index contributed by atoms with van der Waals surface area (Å²) in [7, 11) is 1.66. The van der Waals surface area contributed by atoms with E-state index in [2.05, 4.69) is 5.32 Å². The largest absolute Gasteiger partial charge is 0.456 e. The first-order valence-corrected chi connectivity index (χ1v) is 7.02. The molecule has 0 saturated carbocycles. The summed E-state index contributed by atoms with van der Waals surface area (Å²) < 4.78 is 10.6. The number of carbonyl (C=O) groups is 2. The number of rotatable bonds is 2.